The number of rotatable bonds is 5. The first-order valence-corrected chi connectivity index (χ1v) is 7.45. The predicted octanol–water partition coefficient (Wildman–Crippen LogP) is 4.12. The van der Waals surface area contributed by atoms with Gasteiger partial charge in [0.15, 0.2) is 0 Å². The Hall–Kier alpha value is -0.930. The second-order valence-corrected chi connectivity index (χ2v) is 5.14. The third-order valence-corrected chi connectivity index (χ3v) is 3.94. The molecule has 0 atom stereocenters. The van der Waals surface area contributed by atoms with Crippen molar-refractivity contribution < 1.29 is 0 Å². The van der Waals surface area contributed by atoms with E-state index in [1.807, 2.05) is 0 Å². The first-order valence-electron chi connectivity index (χ1n) is 5.28. The Balaban J connectivity index is 1.89. The molecule has 2 rings (SSSR count). The Labute approximate surface area is 105 Å². The molecular formula is C13H15NS2. The lowest BCUT2D eigenvalue weighted by molar-refractivity contribution is 1.02. The van der Waals surface area contributed by atoms with Crippen LogP contribution in [0.5, 0.6) is 0 Å². The molecule has 1 aromatic heterocycles. The smallest absolute Gasteiger partial charge is 0.0478 e. The van der Waals surface area contributed by atoms with Crippen LogP contribution >= 0.6 is 23.1 Å². The van der Waals surface area contributed by atoms with Crippen molar-refractivity contribution in [1.82, 2.24) is 0 Å². The molecule has 0 spiro atoms. The first kappa shape index (κ1) is 11.6. The fourth-order valence-corrected chi connectivity index (χ4v) is 2.85. The monoisotopic (exact) mass is 249 g/mol. The fraction of sp³-hybridized carbons (Fsp3) is 0.231. The highest BCUT2D eigenvalue weighted by Gasteiger charge is 1.99. The minimum absolute atomic E-state index is 0.994. The zero-order valence-corrected chi connectivity index (χ0v) is 10.9. The van der Waals surface area contributed by atoms with E-state index in [0.29, 0.717) is 0 Å². The Morgan fingerprint density at radius 2 is 2.12 bits per heavy atom. The summed E-state index contributed by atoms with van der Waals surface area (Å²) in [6.07, 6.45) is 3.20. The predicted molar refractivity (Wildman–Crippen MR) is 74.7 cm³/mol. The average molecular weight is 249 g/mol. The summed E-state index contributed by atoms with van der Waals surface area (Å²) >= 11 is 3.54. The molecular weight excluding hydrogens is 234 g/mol. The Morgan fingerprint density at radius 1 is 1.25 bits per heavy atom. The minimum atomic E-state index is 0.994. The van der Waals surface area contributed by atoms with E-state index in [4.69, 9.17) is 0 Å². The van der Waals surface area contributed by atoms with Gasteiger partial charge in [-0.1, -0.05) is 12.1 Å². The van der Waals surface area contributed by atoms with Gasteiger partial charge in [-0.3, -0.25) is 0 Å². The molecule has 84 valence electrons. The maximum absolute atomic E-state index is 3.49. The van der Waals surface area contributed by atoms with Crippen LogP contribution < -0.4 is 5.32 Å². The van der Waals surface area contributed by atoms with Crippen molar-refractivity contribution in [3.05, 3.63) is 46.7 Å². The summed E-state index contributed by atoms with van der Waals surface area (Å²) in [5.41, 5.74) is 2.66. The largest absolute Gasteiger partial charge is 0.384 e. The van der Waals surface area contributed by atoms with Gasteiger partial charge in [0, 0.05) is 17.1 Å². The third kappa shape index (κ3) is 3.03. The second-order valence-electron chi connectivity index (χ2n) is 3.51. The quantitative estimate of drug-likeness (QED) is 0.800. The lowest BCUT2D eigenvalue weighted by Gasteiger charge is -2.09. The number of hydrogen-bond acceptors (Lipinski definition) is 3. The SMILES string of the molecule is CSc1ccccc1NCCc1ccsc1. The molecule has 0 aliphatic heterocycles. The van der Waals surface area contributed by atoms with Crippen LogP contribution in [-0.4, -0.2) is 12.8 Å². The van der Waals surface area contributed by atoms with E-state index < -0.39 is 0 Å². The van der Waals surface area contributed by atoms with E-state index in [1.54, 1.807) is 23.1 Å². The molecule has 0 amide bonds. The van der Waals surface area contributed by atoms with Gasteiger partial charge in [-0.05, 0) is 47.2 Å². The Kier molecular flexibility index (Phi) is 4.31. The first-order chi connectivity index (χ1) is 7.90. The van der Waals surface area contributed by atoms with Crippen molar-refractivity contribution in [1.29, 1.82) is 0 Å². The highest BCUT2D eigenvalue weighted by molar-refractivity contribution is 7.98. The normalized spacial score (nSPS) is 10.3. The van der Waals surface area contributed by atoms with Crippen molar-refractivity contribution in [3.8, 4) is 0 Å². The topological polar surface area (TPSA) is 12.0 Å². The van der Waals surface area contributed by atoms with E-state index in [-0.39, 0.29) is 0 Å². The molecule has 1 nitrogen and oxygen atoms in total. The lowest BCUT2D eigenvalue weighted by Crippen LogP contribution is -2.04. The molecule has 1 aromatic carbocycles. The molecule has 0 saturated heterocycles. The molecule has 1 N–H and O–H groups in total. The number of anilines is 1. The zero-order chi connectivity index (χ0) is 11.2. The standard InChI is InChI=1S/C13H15NS2/c1-15-13-5-3-2-4-12(13)14-8-6-11-7-9-16-10-11/h2-5,7,9-10,14H,6,8H2,1H3. The summed E-state index contributed by atoms with van der Waals surface area (Å²) in [5.74, 6) is 0. The maximum atomic E-state index is 3.49. The molecule has 0 fully saturated rings. The summed E-state index contributed by atoms with van der Waals surface area (Å²) in [7, 11) is 0. The lowest BCUT2D eigenvalue weighted by atomic mass is 10.2. The van der Waals surface area contributed by atoms with Crippen LogP contribution in [0.2, 0.25) is 0 Å². The summed E-state index contributed by atoms with van der Waals surface area (Å²) < 4.78 is 0. The molecule has 0 unspecified atom stereocenters. The van der Waals surface area contributed by atoms with Crippen molar-refractivity contribution >= 4 is 28.8 Å². The van der Waals surface area contributed by atoms with Crippen LogP contribution in [0.3, 0.4) is 0 Å². The molecule has 0 bridgehead atoms. The minimum Gasteiger partial charge on any atom is -0.384 e. The molecule has 1 heterocycles. The number of para-hydroxylation sites is 1. The molecule has 16 heavy (non-hydrogen) atoms. The van der Waals surface area contributed by atoms with E-state index in [9.17, 15) is 0 Å². The van der Waals surface area contributed by atoms with E-state index >= 15 is 0 Å². The van der Waals surface area contributed by atoms with E-state index in [0.717, 1.165) is 13.0 Å². The van der Waals surface area contributed by atoms with Crippen LogP contribution in [0.1, 0.15) is 5.56 Å². The Morgan fingerprint density at radius 3 is 2.88 bits per heavy atom. The van der Waals surface area contributed by atoms with Crippen molar-refractivity contribution in [2.45, 2.75) is 11.3 Å². The molecule has 0 aliphatic carbocycles. The van der Waals surface area contributed by atoms with Crippen LogP contribution in [0.4, 0.5) is 5.69 Å². The van der Waals surface area contributed by atoms with Crippen molar-refractivity contribution in [2.24, 2.45) is 0 Å². The average Bonchev–Trinajstić information content (AvgIpc) is 2.83. The number of thiophene rings is 1. The molecule has 3 heteroatoms. The van der Waals surface area contributed by atoms with Crippen LogP contribution in [0.25, 0.3) is 0 Å². The zero-order valence-electron chi connectivity index (χ0n) is 9.27. The molecule has 0 radical (unpaired) electrons. The number of nitrogens with one attached hydrogen (secondary N) is 1. The summed E-state index contributed by atoms with van der Waals surface area (Å²) in [4.78, 5) is 1.31. The van der Waals surface area contributed by atoms with Gasteiger partial charge in [-0.25, -0.2) is 0 Å². The molecule has 2 aromatic rings. The summed E-state index contributed by atoms with van der Waals surface area (Å²) in [6, 6.07) is 10.6. The summed E-state index contributed by atoms with van der Waals surface area (Å²) in [6.45, 7) is 0.994. The van der Waals surface area contributed by atoms with Gasteiger partial charge in [0.1, 0.15) is 0 Å². The van der Waals surface area contributed by atoms with Gasteiger partial charge in [0.25, 0.3) is 0 Å². The second kappa shape index (κ2) is 5.97. The van der Waals surface area contributed by atoms with E-state index in [1.165, 1.54) is 16.1 Å². The third-order valence-electron chi connectivity index (χ3n) is 2.42. The van der Waals surface area contributed by atoms with Gasteiger partial charge >= 0.3 is 0 Å². The number of benzene rings is 1. The highest BCUT2D eigenvalue weighted by atomic mass is 32.2. The van der Waals surface area contributed by atoms with Gasteiger partial charge in [0.2, 0.25) is 0 Å². The van der Waals surface area contributed by atoms with E-state index in [2.05, 4.69) is 52.7 Å². The molecule has 0 saturated carbocycles. The van der Waals surface area contributed by atoms with Crippen LogP contribution in [0.15, 0.2) is 46.0 Å². The number of hydrogen-bond donors (Lipinski definition) is 1. The maximum Gasteiger partial charge on any atom is 0.0478 e. The summed E-state index contributed by atoms with van der Waals surface area (Å²) in [5, 5.41) is 7.83. The fourth-order valence-electron chi connectivity index (χ4n) is 1.57. The van der Waals surface area contributed by atoms with Crippen LogP contribution in [-0.2, 0) is 6.42 Å². The Bertz CT molecular complexity index is 423. The van der Waals surface area contributed by atoms with Gasteiger partial charge in [-0.15, -0.1) is 11.8 Å². The van der Waals surface area contributed by atoms with Crippen LogP contribution in [0, 0.1) is 0 Å². The highest BCUT2D eigenvalue weighted by Crippen LogP contribution is 2.24. The molecule has 0 aliphatic rings. The van der Waals surface area contributed by atoms with Crippen molar-refractivity contribution in [2.75, 3.05) is 18.1 Å². The van der Waals surface area contributed by atoms with Gasteiger partial charge in [-0.2, -0.15) is 11.3 Å². The van der Waals surface area contributed by atoms with Gasteiger partial charge < -0.3 is 5.32 Å². The van der Waals surface area contributed by atoms with Crippen molar-refractivity contribution in [3.63, 3.8) is 0 Å². The number of thioether (sulfide) groups is 1. The van der Waals surface area contributed by atoms with Gasteiger partial charge in [0.05, 0.1) is 0 Å².